The second-order valence-electron chi connectivity index (χ2n) is 3.91. The molecule has 0 spiro atoms. The van der Waals surface area contributed by atoms with E-state index in [1.165, 1.54) is 0 Å². The second kappa shape index (κ2) is 6.74. The molecule has 0 aliphatic carbocycles. The minimum absolute atomic E-state index is 0.160. The van der Waals surface area contributed by atoms with Crippen LogP contribution in [0.3, 0.4) is 0 Å². The van der Waals surface area contributed by atoms with E-state index in [2.05, 4.69) is 0 Å². The maximum absolute atomic E-state index is 11.6. The molecule has 3 atom stereocenters. The number of rotatable bonds is 8. The molecule has 0 heterocycles. The van der Waals surface area contributed by atoms with Crippen molar-refractivity contribution in [3.63, 3.8) is 0 Å². The van der Waals surface area contributed by atoms with Crippen LogP contribution in [-0.2, 0) is 14.2 Å². The van der Waals surface area contributed by atoms with Crippen molar-refractivity contribution in [1.82, 2.24) is 0 Å². The maximum Gasteiger partial charge on any atom is 0.320 e. The van der Waals surface area contributed by atoms with Gasteiger partial charge in [0.05, 0.1) is 0 Å². The van der Waals surface area contributed by atoms with Crippen molar-refractivity contribution >= 4 is 19.3 Å². The van der Waals surface area contributed by atoms with Crippen LogP contribution in [0.4, 0.5) is 0 Å². The first kappa shape index (κ1) is 16.1. The normalized spacial score (nSPS) is 18.1. The van der Waals surface area contributed by atoms with Crippen LogP contribution >= 0.6 is 7.37 Å². The molecule has 0 bridgehead atoms. The van der Waals surface area contributed by atoms with Crippen LogP contribution in [0.2, 0.25) is 0 Å². The molecule has 0 aliphatic rings. The number of carbonyl (C=O) groups is 2. The molecule has 0 aliphatic heterocycles. The highest BCUT2D eigenvalue weighted by atomic mass is 31.2. The molecule has 0 radical (unpaired) electrons. The number of aliphatic carboxylic acids is 2. The lowest BCUT2D eigenvalue weighted by Gasteiger charge is -2.20. The molecule has 4 N–H and O–H groups in total. The number of hydrogen-bond donors (Lipinski definition) is 3. The maximum atomic E-state index is 11.6. The van der Waals surface area contributed by atoms with Crippen molar-refractivity contribution in [3.05, 3.63) is 0 Å². The van der Waals surface area contributed by atoms with Crippen LogP contribution in [-0.4, -0.2) is 40.3 Å². The van der Waals surface area contributed by atoms with Gasteiger partial charge in [0.2, 0.25) is 7.37 Å². The summed E-state index contributed by atoms with van der Waals surface area (Å²) in [6.45, 7) is 1.57. The number of carboxylic acids is 2. The van der Waals surface area contributed by atoms with Crippen molar-refractivity contribution in [2.24, 2.45) is 11.7 Å². The molecule has 0 rings (SSSR count). The van der Waals surface area contributed by atoms with Gasteiger partial charge in [-0.1, -0.05) is 6.92 Å². The molecule has 0 aromatic rings. The second-order valence-corrected chi connectivity index (χ2v) is 6.42. The fourth-order valence-electron chi connectivity index (χ4n) is 1.27. The standard InChI is InChI=1S/C9H18NO6P/c1-2-6(8(11)12)5-17(15,16)4-3-7(10)9(13)14/h6-7H,2-5,10H2,1H3,(H,11,12)(H,13,14)(H,15,16)/p-1/t6?,7-/m0/s1. The van der Waals surface area contributed by atoms with Crippen LogP contribution in [0.15, 0.2) is 0 Å². The summed E-state index contributed by atoms with van der Waals surface area (Å²) < 4.78 is 11.6. The van der Waals surface area contributed by atoms with Gasteiger partial charge in [-0.3, -0.25) is 9.36 Å². The van der Waals surface area contributed by atoms with Gasteiger partial charge in [-0.25, -0.2) is 0 Å². The smallest absolute Gasteiger partial charge is 0.320 e. The summed E-state index contributed by atoms with van der Waals surface area (Å²) in [6, 6.07) is -1.21. The van der Waals surface area contributed by atoms with Gasteiger partial charge in [0.1, 0.15) is 6.04 Å². The molecular formula is C9H17NO6P-. The average molecular weight is 266 g/mol. The molecular weight excluding hydrogens is 249 g/mol. The summed E-state index contributed by atoms with van der Waals surface area (Å²) in [5, 5.41) is 19.1. The van der Waals surface area contributed by atoms with Crippen LogP contribution in [0.5, 0.6) is 0 Å². The first-order chi connectivity index (χ1) is 7.69. The fraction of sp³-hybridized carbons (Fsp3) is 0.778. The molecule has 8 heteroatoms. The Hall–Kier alpha value is -0.910. The Morgan fingerprint density at radius 1 is 1.47 bits per heavy atom. The minimum atomic E-state index is -3.68. The predicted octanol–water partition coefficient (Wildman–Crippen LogP) is -1.17. The Bertz CT molecular complexity index is 331. The SMILES string of the molecule is CCC(CP(=O)(O)CC[C@H](N)C(=O)O)C(=O)[O-]. The summed E-state index contributed by atoms with van der Waals surface area (Å²) in [5.41, 5.74) is 5.19. The summed E-state index contributed by atoms with van der Waals surface area (Å²) >= 11 is 0. The highest BCUT2D eigenvalue weighted by molar-refractivity contribution is 7.58. The highest BCUT2D eigenvalue weighted by Crippen LogP contribution is 2.43. The fourth-order valence-corrected chi connectivity index (χ4v) is 3.23. The van der Waals surface area contributed by atoms with Crippen molar-refractivity contribution in [1.29, 1.82) is 0 Å². The molecule has 2 unspecified atom stereocenters. The van der Waals surface area contributed by atoms with Crippen molar-refractivity contribution in [2.45, 2.75) is 25.8 Å². The van der Waals surface area contributed by atoms with E-state index in [-0.39, 0.29) is 19.0 Å². The molecule has 7 nitrogen and oxygen atoms in total. The van der Waals surface area contributed by atoms with E-state index in [4.69, 9.17) is 10.8 Å². The minimum Gasteiger partial charge on any atom is -0.550 e. The van der Waals surface area contributed by atoms with E-state index in [1.807, 2.05) is 0 Å². The first-order valence-electron chi connectivity index (χ1n) is 5.19. The molecule has 0 saturated carbocycles. The molecule has 0 amide bonds. The van der Waals surface area contributed by atoms with E-state index >= 15 is 0 Å². The van der Waals surface area contributed by atoms with E-state index in [9.17, 15) is 24.2 Å². The van der Waals surface area contributed by atoms with Gasteiger partial charge in [-0.2, -0.15) is 0 Å². The van der Waals surface area contributed by atoms with Gasteiger partial charge in [0.15, 0.2) is 0 Å². The Morgan fingerprint density at radius 2 is 2.00 bits per heavy atom. The number of hydrogen-bond acceptors (Lipinski definition) is 5. The first-order valence-corrected chi connectivity index (χ1v) is 7.22. The van der Waals surface area contributed by atoms with Gasteiger partial charge in [0, 0.05) is 24.2 Å². The monoisotopic (exact) mass is 266 g/mol. The van der Waals surface area contributed by atoms with Crippen LogP contribution < -0.4 is 10.8 Å². The van der Waals surface area contributed by atoms with Crippen LogP contribution in [0.1, 0.15) is 19.8 Å². The molecule has 17 heavy (non-hydrogen) atoms. The van der Waals surface area contributed by atoms with Gasteiger partial charge >= 0.3 is 5.97 Å². The number of nitrogens with two attached hydrogens (primary N) is 1. The van der Waals surface area contributed by atoms with Crippen molar-refractivity contribution < 1.29 is 29.3 Å². The Morgan fingerprint density at radius 3 is 2.35 bits per heavy atom. The van der Waals surface area contributed by atoms with Gasteiger partial charge in [0.25, 0.3) is 0 Å². The summed E-state index contributed by atoms with van der Waals surface area (Å²) in [6.07, 6.45) is -0.674. The molecule has 0 aromatic heterocycles. The molecule has 0 fully saturated rings. The molecule has 0 aromatic carbocycles. The van der Waals surface area contributed by atoms with Crippen LogP contribution in [0, 0.1) is 5.92 Å². The Balaban J connectivity index is 4.33. The predicted molar refractivity (Wildman–Crippen MR) is 58.6 cm³/mol. The van der Waals surface area contributed by atoms with Gasteiger partial charge < -0.3 is 25.6 Å². The number of carboxylic acid groups (broad SMARTS) is 2. The third kappa shape index (κ3) is 6.41. The molecule has 0 saturated heterocycles. The van der Waals surface area contributed by atoms with E-state index in [0.29, 0.717) is 0 Å². The zero-order valence-electron chi connectivity index (χ0n) is 9.54. The largest absolute Gasteiger partial charge is 0.550 e. The van der Waals surface area contributed by atoms with Crippen molar-refractivity contribution in [2.75, 3.05) is 12.3 Å². The Labute approximate surface area is 99.1 Å². The summed E-state index contributed by atoms with van der Waals surface area (Å²) in [4.78, 5) is 30.5. The third-order valence-corrected chi connectivity index (χ3v) is 4.41. The lowest BCUT2D eigenvalue weighted by atomic mass is 10.1. The molecule has 100 valence electrons. The van der Waals surface area contributed by atoms with Gasteiger partial charge in [-0.05, 0) is 12.8 Å². The van der Waals surface area contributed by atoms with E-state index in [0.717, 1.165) is 0 Å². The summed E-state index contributed by atoms with van der Waals surface area (Å²) in [5.74, 6) is -3.62. The zero-order valence-corrected chi connectivity index (χ0v) is 10.4. The van der Waals surface area contributed by atoms with Crippen molar-refractivity contribution in [3.8, 4) is 0 Å². The topological polar surface area (TPSA) is 141 Å². The highest BCUT2D eigenvalue weighted by Gasteiger charge is 2.25. The van der Waals surface area contributed by atoms with E-state index in [1.54, 1.807) is 6.92 Å². The average Bonchev–Trinajstić information content (AvgIpc) is 2.22. The lowest BCUT2D eigenvalue weighted by Crippen LogP contribution is -2.34. The lowest BCUT2D eigenvalue weighted by molar-refractivity contribution is -0.310. The van der Waals surface area contributed by atoms with Gasteiger partial charge in [-0.15, -0.1) is 0 Å². The third-order valence-electron chi connectivity index (χ3n) is 2.44. The number of carbonyl (C=O) groups excluding carboxylic acids is 1. The van der Waals surface area contributed by atoms with E-state index < -0.39 is 37.4 Å². The zero-order chi connectivity index (χ0) is 13.6. The van der Waals surface area contributed by atoms with Crippen LogP contribution in [0.25, 0.3) is 0 Å². The quantitative estimate of drug-likeness (QED) is 0.470. The summed E-state index contributed by atoms with van der Waals surface area (Å²) in [7, 11) is -3.68. The Kier molecular flexibility index (Phi) is 6.37.